The zero-order chi connectivity index (χ0) is 20.6. The molecular weight excluding hydrogens is 398 g/mol. The van der Waals surface area contributed by atoms with E-state index in [-0.39, 0.29) is 17.7 Å². The second-order valence-corrected chi connectivity index (χ2v) is 8.51. The minimum atomic E-state index is -1.19. The molecule has 3 aromatic carbocycles. The number of halogens is 1. The summed E-state index contributed by atoms with van der Waals surface area (Å²) in [5, 5.41) is 0.334. The summed E-state index contributed by atoms with van der Waals surface area (Å²) in [5.41, 5.74) is 2.74. The van der Waals surface area contributed by atoms with Gasteiger partial charge in [-0.05, 0) is 34.4 Å². The van der Waals surface area contributed by atoms with E-state index in [4.69, 9.17) is 11.6 Å². The first kappa shape index (κ1) is 17.6. The highest BCUT2D eigenvalue weighted by Gasteiger charge is 2.68. The summed E-state index contributed by atoms with van der Waals surface area (Å²) in [5.74, 6) is -2.34. The van der Waals surface area contributed by atoms with Gasteiger partial charge in [0, 0.05) is 5.92 Å². The average molecular weight is 414 g/mol. The standard InChI is InChI=1S/C25H16ClNO3/c26-18-11-5-6-12-19(18)27-23(29)21-20-14-7-1-3-9-16(14)25(13-28,22(21)24(27)30)17-10-4-2-8-15(17)20/h1-13,20-22H/t20?,21-,22+,25?/m0/s1. The number of carbonyl (C=O) groups excluding carboxylic acids is 3. The fourth-order valence-electron chi connectivity index (χ4n) is 5.90. The van der Waals surface area contributed by atoms with E-state index in [1.54, 1.807) is 24.3 Å². The molecular formula is C25H16ClNO3. The maximum atomic E-state index is 13.8. The highest BCUT2D eigenvalue weighted by molar-refractivity contribution is 6.36. The summed E-state index contributed by atoms with van der Waals surface area (Å²) >= 11 is 6.35. The first-order chi connectivity index (χ1) is 14.6. The third-order valence-electron chi connectivity index (χ3n) is 6.96. The molecule has 1 aliphatic heterocycles. The minimum absolute atomic E-state index is 0.270. The molecule has 1 fully saturated rings. The van der Waals surface area contributed by atoms with Crippen molar-refractivity contribution in [3.05, 3.63) is 100 Å². The van der Waals surface area contributed by atoms with Crippen LogP contribution in [0.4, 0.5) is 5.69 Å². The zero-order valence-electron chi connectivity index (χ0n) is 15.8. The smallest absolute Gasteiger partial charge is 0.239 e. The second-order valence-electron chi connectivity index (χ2n) is 8.11. The number of imide groups is 1. The van der Waals surface area contributed by atoms with Crippen LogP contribution in [0.5, 0.6) is 0 Å². The molecule has 3 aromatic rings. The predicted octanol–water partition coefficient (Wildman–Crippen LogP) is 4.09. The number of nitrogens with zero attached hydrogens (tertiary/aromatic N) is 1. The molecule has 0 saturated carbocycles. The van der Waals surface area contributed by atoms with E-state index in [1.165, 1.54) is 4.90 Å². The Morgan fingerprint density at radius 3 is 1.97 bits per heavy atom. The van der Waals surface area contributed by atoms with E-state index >= 15 is 0 Å². The molecule has 2 amide bonds. The molecule has 0 N–H and O–H groups in total. The van der Waals surface area contributed by atoms with Crippen molar-refractivity contribution >= 4 is 35.4 Å². The number of aldehydes is 1. The fraction of sp³-hybridized carbons (Fsp3) is 0.160. The number of para-hydroxylation sites is 1. The van der Waals surface area contributed by atoms with E-state index < -0.39 is 17.3 Å². The molecule has 1 saturated heterocycles. The van der Waals surface area contributed by atoms with E-state index in [9.17, 15) is 14.4 Å². The number of hydrogen-bond acceptors (Lipinski definition) is 3. The molecule has 4 aliphatic rings. The first-order valence-electron chi connectivity index (χ1n) is 9.88. The van der Waals surface area contributed by atoms with E-state index in [0.29, 0.717) is 10.7 Å². The summed E-state index contributed by atoms with van der Waals surface area (Å²) in [4.78, 5) is 41.5. The molecule has 7 rings (SSSR count). The zero-order valence-corrected chi connectivity index (χ0v) is 16.5. The lowest BCUT2D eigenvalue weighted by Crippen LogP contribution is -2.54. The number of benzene rings is 3. The van der Waals surface area contributed by atoms with Gasteiger partial charge < -0.3 is 4.79 Å². The largest absolute Gasteiger partial charge is 0.302 e. The minimum Gasteiger partial charge on any atom is -0.302 e. The highest BCUT2D eigenvalue weighted by atomic mass is 35.5. The van der Waals surface area contributed by atoms with Gasteiger partial charge in [-0.2, -0.15) is 0 Å². The normalized spacial score (nSPS) is 28.2. The Labute approximate surface area is 178 Å². The maximum Gasteiger partial charge on any atom is 0.239 e. The maximum absolute atomic E-state index is 13.8. The van der Waals surface area contributed by atoms with Crippen molar-refractivity contribution in [1.29, 1.82) is 0 Å². The van der Waals surface area contributed by atoms with Crippen molar-refractivity contribution < 1.29 is 14.4 Å². The van der Waals surface area contributed by atoms with Crippen LogP contribution < -0.4 is 4.90 Å². The van der Waals surface area contributed by atoms with Gasteiger partial charge in [0.25, 0.3) is 0 Å². The third kappa shape index (κ3) is 1.86. The van der Waals surface area contributed by atoms with Crippen LogP contribution in [0.3, 0.4) is 0 Å². The summed E-state index contributed by atoms with van der Waals surface area (Å²) in [6.07, 6.45) is 0.874. The lowest BCUT2D eigenvalue weighted by molar-refractivity contribution is -0.128. The van der Waals surface area contributed by atoms with E-state index in [1.807, 2.05) is 48.5 Å². The average Bonchev–Trinajstić information content (AvgIpc) is 3.05. The molecule has 0 unspecified atom stereocenters. The van der Waals surface area contributed by atoms with Crippen LogP contribution >= 0.6 is 11.6 Å². The van der Waals surface area contributed by atoms with Gasteiger partial charge in [0.2, 0.25) is 11.8 Å². The molecule has 0 spiro atoms. The molecule has 4 nitrogen and oxygen atoms in total. The van der Waals surface area contributed by atoms with Gasteiger partial charge in [0.15, 0.2) is 0 Å². The summed E-state index contributed by atoms with van der Waals surface area (Å²) in [7, 11) is 0. The number of rotatable bonds is 2. The monoisotopic (exact) mass is 413 g/mol. The van der Waals surface area contributed by atoms with Crippen molar-refractivity contribution in [2.75, 3.05) is 4.90 Å². The first-order valence-corrected chi connectivity index (χ1v) is 10.3. The Hall–Kier alpha value is -3.24. The Bertz CT molecular complexity index is 1220. The van der Waals surface area contributed by atoms with Gasteiger partial charge in [-0.3, -0.25) is 9.59 Å². The van der Waals surface area contributed by atoms with Gasteiger partial charge >= 0.3 is 0 Å². The molecule has 1 heterocycles. The number of anilines is 1. The molecule has 2 bridgehead atoms. The van der Waals surface area contributed by atoms with E-state index in [2.05, 4.69) is 0 Å². The number of hydrogen-bond donors (Lipinski definition) is 0. The number of carbonyl (C=O) groups is 3. The quantitative estimate of drug-likeness (QED) is 0.469. The van der Waals surface area contributed by atoms with Crippen LogP contribution in [-0.4, -0.2) is 18.1 Å². The lowest BCUT2D eigenvalue weighted by Gasteiger charge is -2.51. The second kappa shape index (κ2) is 5.89. The predicted molar refractivity (Wildman–Crippen MR) is 112 cm³/mol. The van der Waals surface area contributed by atoms with Crippen LogP contribution in [0.2, 0.25) is 5.02 Å². The van der Waals surface area contributed by atoms with Crippen LogP contribution in [-0.2, 0) is 19.8 Å². The summed E-state index contributed by atoms with van der Waals surface area (Å²) in [6.45, 7) is 0. The SMILES string of the molecule is O=CC12c3ccccc3C(c3ccccc31)[C@@H]1C(=O)N(c3ccccc3Cl)C(=O)[C@@H]12. The molecule has 0 radical (unpaired) electrons. The van der Waals surface area contributed by atoms with Crippen LogP contribution in [0.25, 0.3) is 0 Å². The molecule has 146 valence electrons. The summed E-state index contributed by atoms with van der Waals surface area (Å²) < 4.78 is 0. The molecule has 3 aliphatic carbocycles. The van der Waals surface area contributed by atoms with Crippen molar-refractivity contribution in [3.63, 3.8) is 0 Å². The molecule has 0 aromatic heterocycles. The third-order valence-corrected chi connectivity index (χ3v) is 7.28. The fourth-order valence-corrected chi connectivity index (χ4v) is 6.12. The Kier molecular flexibility index (Phi) is 3.46. The van der Waals surface area contributed by atoms with Crippen LogP contribution in [0.15, 0.2) is 72.8 Å². The van der Waals surface area contributed by atoms with Crippen LogP contribution in [0, 0.1) is 11.8 Å². The van der Waals surface area contributed by atoms with Gasteiger partial charge in [-0.1, -0.05) is 72.3 Å². The van der Waals surface area contributed by atoms with Crippen molar-refractivity contribution in [1.82, 2.24) is 0 Å². The topological polar surface area (TPSA) is 54.5 Å². The Morgan fingerprint density at radius 1 is 0.800 bits per heavy atom. The lowest BCUT2D eigenvalue weighted by atomic mass is 9.48. The van der Waals surface area contributed by atoms with Gasteiger partial charge in [-0.15, -0.1) is 0 Å². The highest BCUT2D eigenvalue weighted by Crippen LogP contribution is 2.63. The summed E-state index contributed by atoms with van der Waals surface area (Å²) in [6, 6.07) is 22.2. The van der Waals surface area contributed by atoms with Gasteiger partial charge in [0.1, 0.15) is 6.29 Å². The van der Waals surface area contributed by atoms with Crippen molar-refractivity contribution in [2.45, 2.75) is 11.3 Å². The van der Waals surface area contributed by atoms with Crippen molar-refractivity contribution in [2.24, 2.45) is 11.8 Å². The molecule has 30 heavy (non-hydrogen) atoms. The van der Waals surface area contributed by atoms with Crippen LogP contribution in [0.1, 0.15) is 28.2 Å². The van der Waals surface area contributed by atoms with E-state index in [0.717, 1.165) is 28.5 Å². The Balaban J connectivity index is 1.67. The molecule has 5 heteroatoms. The Morgan fingerprint density at radius 2 is 1.37 bits per heavy atom. The van der Waals surface area contributed by atoms with Gasteiger partial charge in [-0.25, -0.2) is 4.90 Å². The van der Waals surface area contributed by atoms with Gasteiger partial charge in [0.05, 0.1) is 28.0 Å². The molecule has 2 atom stereocenters. The number of amides is 2. The van der Waals surface area contributed by atoms with Crippen molar-refractivity contribution in [3.8, 4) is 0 Å².